The number of Topliss-reactive ketones (excluding diaryl/α,β-unsaturated/α-hetero) is 1. The third-order valence-electron chi connectivity index (χ3n) is 5.79. The highest BCUT2D eigenvalue weighted by molar-refractivity contribution is 8.01. The summed E-state index contributed by atoms with van der Waals surface area (Å²) in [6.07, 6.45) is 0.0761. The zero-order valence-electron chi connectivity index (χ0n) is 18.5. The van der Waals surface area contributed by atoms with E-state index in [0.29, 0.717) is 28.1 Å². The Morgan fingerprint density at radius 2 is 1.83 bits per heavy atom. The Labute approximate surface area is 216 Å². The highest BCUT2D eigenvalue weighted by Crippen LogP contribution is 2.41. The maximum absolute atomic E-state index is 13.4. The molecule has 35 heavy (non-hydrogen) atoms. The van der Waals surface area contributed by atoms with Crippen LogP contribution in [0.2, 0.25) is 5.02 Å². The lowest BCUT2D eigenvalue weighted by molar-refractivity contribution is -0.133. The lowest BCUT2D eigenvalue weighted by Crippen LogP contribution is -2.58. The average molecular weight is 521 g/mol. The van der Waals surface area contributed by atoms with Gasteiger partial charge in [-0.05, 0) is 46.2 Å². The Kier molecular flexibility index (Phi) is 6.90. The third kappa shape index (κ3) is 4.98. The minimum absolute atomic E-state index is 0.0761. The number of ether oxygens (including phenoxy) is 1. The highest BCUT2D eigenvalue weighted by Gasteiger charge is 2.48. The topological polar surface area (TPSA) is 68.3 Å². The zero-order valence-corrected chi connectivity index (χ0v) is 20.9. The number of rotatable bonds is 7. The average Bonchev–Trinajstić information content (AvgIpc) is 3.42. The van der Waals surface area contributed by atoms with Crippen LogP contribution in [-0.4, -0.2) is 21.9 Å². The van der Waals surface area contributed by atoms with E-state index in [9.17, 15) is 9.59 Å². The molecule has 2 atom stereocenters. The number of hydrogen-bond acceptors (Lipinski definition) is 6. The molecule has 8 heteroatoms. The SMILES string of the molecule is O=C1CC(c2ccsc2)(c2cccc(OCc3ccccc3)n2)NC(=O)C1Sc1ccccc1Cl. The van der Waals surface area contributed by atoms with E-state index < -0.39 is 10.8 Å². The van der Waals surface area contributed by atoms with E-state index >= 15 is 0 Å². The number of nitrogens with zero attached hydrogens (tertiary/aromatic N) is 1. The van der Waals surface area contributed by atoms with Gasteiger partial charge in [0.1, 0.15) is 17.4 Å². The maximum atomic E-state index is 13.4. The van der Waals surface area contributed by atoms with Crippen molar-refractivity contribution in [3.05, 3.63) is 111 Å². The van der Waals surface area contributed by atoms with E-state index in [-0.39, 0.29) is 18.1 Å². The number of carbonyl (C=O) groups is 2. The Balaban J connectivity index is 1.44. The van der Waals surface area contributed by atoms with Crippen LogP contribution in [0.15, 0.2) is 94.5 Å². The monoisotopic (exact) mass is 520 g/mol. The van der Waals surface area contributed by atoms with Gasteiger partial charge in [0.2, 0.25) is 11.8 Å². The number of thiophene rings is 1. The lowest BCUT2D eigenvalue weighted by Gasteiger charge is -2.39. The van der Waals surface area contributed by atoms with Crippen molar-refractivity contribution in [2.75, 3.05) is 0 Å². The van der Waals surface area contributed by atoms with Gasteiger partial charge in [-0.3, -0.25) is 9.59 Å². The normalized spacial score (nSPS) is 19.9. The van der Waals surface area contributed by atoms with Crippen LogP contribution in [0.25, 0.3) is 0 Å². The second-order valence-corrected chi connectivity index (χ2v) is 10.4. The Morgan fingerprint density at radius 3 is 2.57 bits per heavy atom. The van der Waals surface area contributed by atoms with E-state index in [1.807, 2.05) is 77.5 Å². The summed E-state index contributed by atoms with van der Waals surface area (Å²) in [5.74, 6) is -0.118. The van der Waals surface area contributed by atoms with Gasteiger partial charge >= 0.3 is 0 Å². The predicted molar refractivity (Wildman–Crippen MR) is 139 cm³/mol. The van der Waals surface area contributed by atoms with Crippen LogP contribution in [0.3, 0.4) is 0 Å². The van der Waals surface area contributed by atoms with Crippen molar-refractivity contribution >= 4 is 46.4 Å². The molecule has 2 unspecified atom stereocenters. The zero-order chi connectivity index (χ0) is 24.3. The van der Waals surface area contributed by atoms with Gasteiger partial charge in [0.05, 0.1) is 10.7 Å². The smallest absolute Gasteiger partial charge is 0.242 e. The molecule has 1 amide bonds. The molecule has 2 aromatic carbocycles. The van der Waals surface area contributed by atoms with Crippen LogP contribution in [-0.2, 0) is 21.7 Å². The molecule has 176 valence electrons. The molecule has 0 bridgehead atoms. The Hall–Kier alpha value is -3.13. The molecule has 1 saturated heterocycles. The number of carbonyl (C=O) groups excluding carboxylic acids is 2. The summed E-state index contributed by atoms with van der Waals surface area (Å²) >= 11 is 8.95. The number of nitrogens with one attached hydrogen (secondary N) is 1. The van der Waals surface area contributed by atoms with Gasteiger partial charge in [-0.2, -0.15) is 11.3 Å². The van der Waals surface area contributed by atoms with Crippen molar-refractivity contribution in [2.45, 2.75) is 28.7 Å². The molecule has 1 aliphatic rings. The van der Waals surface area contributed by atoms with Crippen molar-refractivity contribution in [1.82, 2.24) is 10.3 Å². The van der Waals surface area contributed by atoms with Gasteiger partial charge in [-0.25, -0.2) is 4.98 Å². The number of halogens is 1. The summed E-state index contributed by atoms with van der Waals surface area (Å²) in [4.78, 5) is 32.2. The molecule has 5 nitrogen and oxygen atoms in total. The van der Waals surface area contributed by atoms with Crippen LogP contribution < -0.4 is 10.1 Å². The summed E-state index contributed by atoms with van der Waals surface area (Å²) in [5.41, 5.74) is 1.33. The summed E-state index contributed by atoms with van der Waals surface area (Å²) in [6.45, 7) is 0.366. The number of amides is 1. The van der Waals surface area contributed by atoms with E-state index in [0.717, 1.165) is 11.1 Å². The first-order valence-corrected chi connectivity index (χ1v) is 13.2. The number of pyridine rings is 1. The van der Waals surface area contributed by atoms with E-state index in [1.54, 1.807) is 12.1 Å². The van der Waals surface area contributed by atoms with Gasteiger partial charge < -0.3 is 10.1 Å². The second kappa shape index (κ2) is 10.2. The number of thioether (sulfide) groups is 1. The molecule has 0 spiro atoms. The Bertz CT molecular complexity index is 1330. The third-order valence-corrected chi connectivity index (χ3v) is 8.24. The number of benzene rings is 2. The molecule has 4 aromatic rings. The summed E-state index contributed by atoms with van der Waals surface area (Å²) in [7, 11) is 0. The Morgan fingerprint density at radius 1 is 1.03 bits per heavy atom. The first kappa shape index (κ1) is 23.6. The van der Waals surface area contributed by atoms with Crippen LogP contribution in [0.1, 0.15) is 23.2 Å². The van der Waals surface area contributed by atoms with Gasteiger partial charge in [0.25, 0.3) is 0 Å². The molecule has 3 heterocycles. The molecule has 1 N–H and O–H groups in total. The van der Waals surface area contributed by atoms with Crippen molar-refractivity contribution in [1.29, 1.82) is 0 Å². The van der Waals surface area contributed by atoms with Crippen LogP contribution in [0.5, 0.6) is 5.88 Å². The standard InChI is InChI=1S/C27H21ClN2O3S2/c28-20-9-4-5-10-22(20)35-25-21(31)15-27(30-26(25)32,19-13-14-34-17-19)23-11-6-12-24(29-23)33-16-18-7-2-1-3-8-18/h1-14,17,25H,15-16H2,(H,30,32). The number of hydrogen-bond donors (Lipinski definition) is 1. The van der Waals surface area contributed by atoms with Gasteiger partial charge in [-0.15, -0.1) is 11.8 Å². The fourth-order valence-electron chi connectivity index (χ4n) is 4.06. The minimum Gasteiger partial charge on any atom is -0.473 e. The minimum atomic E-state index is -1.07. The molecule has 0 aliphatic carbocycles. The van der Waals surface area contributed by atoms with E-state index in [1.165, 1.54) is 23.1 Å². The quantitative estimate of drug-likeness (QED) is 0.309. The molecular weight excluding hydrogens is 500 g/mol. The molecule has 1 aliphatic heterocycles. The van der Waals surface area contributed by atoms with Crippen molar-refractivity contribution in [3.8, 4) is 5.88 Å². The van der Waals surface area contributed by atoms with Crippen molar-refractivity contribution < 1.29 is 14.3 Å². The fraction of sp³-hybridized carbons (Fsp3) is 0.148. The van der Waals surface area contributed by atoms with Crippen LogP contribution in [0.4, 0.5) is 0 Å². The fourth-order valence-corrected chi connectivity index (χ4v) is 6.03. The largest absolute Gasteiger partial charge is 0.473 e. The first-order valence-electron chi connectivity index (χ1n) is 11.0. The van der Waals surface area contributed by atoms with Gasteiger partial charge in [0.15, 0.2) is 5.78 Å². The lowest BCUT2D eigenvalue weighted by atomic mass is 9.79. The molecule has 5 rings (SSSR count). The molecule has 0 saturated carbocycles. The van der Waals surface area contributed by atoms with Crippen molar-refractivity contribution in [2.24, 2.45) is 0 Å². The summed E-state index contributed by atoms with van der Waals surface area (Å²) < 4.78 is 5.93. The number of ketones is 1. The van der Waals surface area contributed by atoms with Gasteiger partial charge in [0, 0.05) is 17.4 Å². The number of aromatic nitrogens is 1. The van der Waals surface area contributed by atoms with Crippen LogP contribution >= 0.6 is 34.7 Å². The van der Waals surface area contributed by atoms with Crippen molar-refractivity contribution in [3.63, 3.8) is 0 Å². The molecule has 2 aromatic heterocycles. The van der Waals surface area contributed by atoms with E-state index in [4.69, 9.17) is 21.3 Å². The predicted octanol–water partition coefficient (Wildman–Crippen LogP) is 5.87. The summed E-state index contributed by atoms with van der Waals surface area (Å²) in [6, 6.07) is 24.4. The highest BCUT2D eigenvalue weighted by atomic mass is 35.5. The van der Waals surface area contributed by atoms with E-state index in [2.05, 4.69) is 5.32 Å². The van der Waals surface area contributed by atoms with Crippen LogP contribution in [0, 0.1) is 0 Å². The second-order valence-electron chi connectivity index (χ2n) is 8.11. The first-order chi connectivity index (χ1) is 17.0. The van der Waals surface area contributed by atoms with Gasteiger partial charge in [-0.1, -0.05) is 60.1 Å². The molecule has 1 fully saturated rings. The summed E-state index contributed by atoms with van der Waals surface area (Å²) in [5, 5.41) is 6.62. The molecule has 0 radical (unpaired) electrons. The molecular formula is C27H21ClN2O3S2. The maximum Gasteiger partial charge on any atom is 0.242 e. The number of piperidine rings is 1.